The summed E-state index contributed by atoms with van der Waals surface area (Å²) in [6.07, 6.45) is 6.00. The summed E-state index contributed by atoms with van der Waals surface area (Å²) in [5, 5.41) is 3.03. The van der Waals surface area contributed by atoms with Crippen molar-refractivity contribution in [2.75, 3.05) is 26.2 Å². The fraction of sp³-hybridized carbons (Fsp3) is 0.444. The van der Waals surface area contributed by atoms with E-state index in [-0.39, 0.29) is 28.2 Å². The van der Waals surface area contributed by atoms with E-state index in [1.807, 2.05) is 10.8 Å². The molecule has 0 aliphatic heterocycles. The summed E-state index contributed by atoms with van der Waals surface area (Å²) in [5.74, 6) is -0.225. The van der Waals surface area contributed by atoms with E-state index in [4.69, 9.17) is 16.3 Å². The van der Waals surface area contributed by atoms with E-state index in [1.54, 1.807) is 26.4 Å². The molecule has 1 heterocycles. The van der Waals surface area contributed by atoms with Gasteiger partial charge in [0.05, 0.1) is 6.33 Å². The second-order valence-corrected chi connectivity index (χ2v) is 8.32. The quantitative estimate of drug-likeness (QED) is 0.553. The monoisotopic (exact) mass is 428 g/mol. The smallest absolute Gasteiger partial charge is 0.257 e. The van der Waals surface area contributed by atoms with E-state index < -0.39 is 10.0 Å². The van der Waals surface area contributed by atoms with E-state index in [0.717, 1.165) is 13.0 Å². The molecule has 0 saturated carbocycles. The third-order valence-electron chi connectivity index (χ3n) is 4.06. The lowest BCUT2D eigenvalue weighted by Crippen LogP contribution is -2.32. The molecule has 1 N–H and O–H groups in total. The van der Waals surface area contributed by atoms with Gasteiger partial charge in [0.1, 0.15) is 10.6 Å². The van der Waals surface area contributed by atoms with Crippen molar-refractivity contribution in [3.05, 3.63) is 41.9 Å². The number of hydrogen-bond donors (Lipinski definition) is 1. The number of rotatable bonds is 11. The van der Waals surface area contributed by atoms with Crippen LogP contribution < -0.4 is 10.1 Å². The van der Waals surface area contributed by atoms with E-state index in [2.05, 4.69) is 10.3 Å². The van der Waals surface area contributed by atoms with Crippen LogP contribution in [0, 0.1) is 0 Å². The molecule has 28 heavy (non-hydrogen) atoms. The lowest BCUT2D eigenvalue weighted by Gasteiger charge is -2.20. The van der Waals surface area contributed by atoms with E-state index >= 15 is 0 Å². The minimum Gasteiger partial charge on any atom is -0.482 e. The Hall–Kier alpha value is -2.10. The van der Waals surface area contributed by atoms with Crippen LogP contribution in [0.5, 0.6) is 5.75 Å². The second-order valence-electron chi connectivity index (χ2n) is 5.97. The van der Waals surface area contributed by atoms with Gasteiger partial charge in [-0.1, -0.05) is 25.4 Å². The molecule has 2 aromatic rings. The minimum absolute atomic E-state index is 0.0448. The van der Waals surface area contributed by atoms with Crippen LogP contribution in [0.3, 0.4) is 0 Å². The number of nitrogens with one attached hydrogen (secondary N) is 1. The Morgan fingerprint density at radius 2 is 2.07 bits per heavy atom. The third kappa shape index (κ3) is 5.95. The number of nitrogens with zero attached hydrogens (tertiary/aromatic N) is 3. The summed E-state index contributed by atoms with van der Waals surface area (Å²) >= 11 is 5.98. The number of carbonyl (C=O) groups is 1. The van der Waals surface area contributed by atoms with Gasteiger partial charge in [-0.05, 0) is 24.6 Å². The predicted molar refractivity (Wildman–Crippen MR) is 107 cm³/mol. The van der Waals surface area contributed by atoms with Gasteiger partial charge in [0.15, 0.2) is 6.61 Å². The predicted octanol–water partition coefficient (Wildman–Crippen LogP) is 2.15. The molecule has 1 amide bonds. The molecule has 1 aromatic carbocycles. The largest absolute Gasteiger partial charge is 0.482 e. The van der Waals surface area contributed by atoms with Gasteiger partial charge in [0.25, 0.3) is 5.91 Å². The topological polar surface area (TPSA) is 93.5 Å². The molecule has 0 radical (unpaired) electrons. The molecule has 2 rings (SSSR count). The number of aryl methyl sites for hydroxylation is 1. The molecule has 0 bridgehead atoms. The highest BCUT2D eigenvalue weighted by Crippen LogP contribution is 2.29. The molecular formula is C18H25ClN4O4S. The summed E-state index contributed by atoms with van der Waals surface area (Å²) in [6, 6.07) is 4.33. The minimum atomic E-state index is -3.76. The van der Waals surface area contributed by atoms with Crippen molar-refractivity contribution in [2.24, 2.45) is 0 Å². The van der Waals surface area contributed by atoms with Crippen LogP contribution in [0.15, 0.2) is 41.8 Å². The van der Waals surface area contributed by atoms with E-state index in [9.17, 15) is 13.2 Å². The number of ether oxygens (including phenoxy) is 1. The lowest BCUT2D eigenvalue weighted by atomic mass is 10.3. The zero-order valence-corrected chi connectivity index (χ0v) is 17.5. The highest BCUT2D eigenvalue weighted by Gasteiger charge is 2.26. The summed E-state index contributed by atoms with van der Waals surface area (Å²) in [6.45, 7) is 5.08. The Kier molecular flexibility index (Phi) is 8.28. The SMILES string of the molecule is CCN(CC)S(=O)(=O)c1cc(Cl)ccc1OCC(=O)NCCCn1ccnc1. The fourth-order valence-corrected chi connectivity index (χ4v) is 4.46. The van der Waals surface area contributed by atoms with Crippen molar-refractivity contribution in [3.8, 4) is 5.75 Å². The zero-order valence-electron chi connectivity index (χ0n) is 16.0. The average Bonchev–Trinajstić information content (AvgIpc) is 3.18. The first-order valence-electron chi connectivity index (χ1n) is 9.03. The van der Waals surface area contributed by atoms with Crippen molar-refractivity contribution in [2.45, 2.75) is 31.7 Å². The second kappa shape index (κ2) is 10.4. The van der Waals surface area contributed by atoms with Gasteiger partial charge in [-0.15, -0.1) is 0 Å². The number of halogens is 1. The Labute approximate surface area is 170 Å². The first-order chi connectivity index (χ1) is 13.4. The summed E-state index contributed by atoms with van der Waals surface area (Å²) in [5.41, 5.74) is 0. The molecule has 1 aromatic heterocycles. The number of hydrogen-bond acceptors (Lipinski definition) is 5. The van der Waals surface area contributed by atoms with Crippen LogP contribution >= 0.6 is 11.6 Å². The highest BCUT2D eigenvalue weighted by molar-refractivity contribution is 7.89. The molecule has 0 atom stereocenters. The van der Waals surface area contributed by atoms with Gasteiger partial charge in [-0.2, -0.15) is 4.31 Å². The zero-order chi connectivity index (χ0) is 20.6. The number of aromatic nitrogens is 2. The van der Waals surface area contributed by atoms with Gasteiger partial charge < -0.3 is 14.6 Å². The Bertz CT molecular complexity index is 868. The molecule has 0 spiro atoms. The van der Waals surface area contributed by atoms with E-state index in [0.29, 0.717) is 19.6 Å². The first kappa shape index (κ1) is 22.2. The number of carbonyl (C=O) groups excluding carboxylic acids is 1. The maximum absolute atomic E-state index is 12.8. The normalized spacial score (nSPS) is 11.6. The first-order valence-corrected chi connectivity index (χ1v) is 10.8. The molecule has 0 saturated heterocycles. The molecule has 154 valence electrons. The third-order valence-corrected chi connectivity index (χ3v) is 6.37. The Morgan fingerprint density at radius 1 is 1.32 bits per heavy atom. The number of amides is 1. The number of sulfonamides is 1. The molecule has 0 aliphatic carbocycles. The Balaban J connectivity index is 1.95. The fourth-order valence-electron chi connectivity index (χ4n) is 2.61. The molecule has 10 heteroatoms. The van der Waals surface area contributed by atoms with Gasteiger partial charge in [-0.3, -0.25) is 4.79 Å². The maximum atomic E-state index is 12.8. The summed E-state index contributed by atoms with van der Waals surface area (Å²) < 4.78 is 34.3. The van der Waals surface area contributed by atoms with Gasteiger partial charge in [-0.25, -0.2) is 13.4 Å². The molecule has 8 nitrogen and oxygen atoms in total. The van der Waals surface area contributed by atoms with Gasteiger partial charge >= 0.3 is 0 Å². The molecular weight excluding hydrogens is 404 g/mol. The molecule has 0 aliphatic rings. The lowest BCUT2D eigenvalue weighted by molar-refractivity contribution is -0.123. The van der Waals surface area contributed by atoms with Crippen LogP contribution in [0.25, 0.3) is 0 Å². The van der Waals surface area contributed by atoms with Crippen LogP contribution in [0.4, 0.5) is 0 Å². The van der Waals surface area contributed by atoms with Crippen molar-refractivity contribution in [1.82, 2.24) is 19.2 Å². The number of imidazole rings is 1. The molecule has 0 unspecified atom stereocenters. The van der Waals surface area contributed by atoms with Crippen molar-refractivity contribution >= 4 is 27.5 Å². The van der Waals surface area contributed by atoms with Crippen LogP contribution in [-0.4, -0.2) is 54.4 Å². The highest BCUT2D eigenvalue weighted by atomic mass is 35.5. The van der Waals surface area contributed by atoms with Crippen LogP contribution in [-0.2, 0) is 21.4 Å². The van der Waals surface area contributed by atoms with Crippen molar-refractivity contribution in [3.63, 3.8) is 0 Å². The number of benzene rings is 1. The maximum Gasteiger partial charge on any atom is 0.257 e. The standard InChI is InChI=1S/C18H25ClN4O4S/c1-3-23(4-2)28(25,26)17-12-15(19)6-7-16(17)27-13-18(24)21-8-5-10-22-11-9-20-14-22/h6-7,9,11-12,14H,3-5,8,10,13H2,1-2H3,(H,21,24). The summed E-state index contributed by atoms with van der Waals surface area (Å²) in [7, 11) is -3.76. The average molecular weight is 429 g/mol. The summed E-state index contributed by atoms with van der Waals surface area (Å²) in [4.78, 5) is 15.9. The van der Waals surface area contributed by atoms with Crippen LogP contribution in [0.1, 0.15) is 20.3 Å². The van der Waals surface area contributed by atoms with E-state index in [1.165, 1.54) is 22.5 Å². The van der Waals surface area contributed by atoms with Crippen LogP contribution in [0.2, 0.25) is 5.02 Å². The Morgan fingerprint density at radius 3 is 2.71 bits per heavy atom. The molecule has 0 fully saturated rings. The van der Waals surface area contributed by atoms with Gasteiger partial charge in [0, 0.05) is 43.6 Å². The van der Waals surface area contributed by atoms with Crippen molar-refractivity contribution in [1.29, 1.82) is 0 Å². The van der Waals surface area contributed by atoms with Crippen molar-refractivity contribution < 1.29 is 17.9 Å². The van der Waals surface area contributed by atoms with Gasteiger partial charge in [0.2, 0.25) is 10.0 Å².